The van der Waals surface area contributed by atoms with Crippen molar-refractivity contribution in [3.8, 4) is 0 Å². The Hall–Kier alpha value is -1.40. The van der Waals surface area contributed by atoms with Gasteiger partial charge in [-0.3, -0.25) is 4.79 Å². The monoisotopic (exact) mass is 272 g/mol. The molecule has 0 spiro atoms. The molecule has 0 aromatic rings. The molecule has 6 heteroatoms. The van der Waals surface area contributed by atoms with Crippen LogP contribution in [0.5, 0.6) is 0 Å². The fraction of sp³-hybridized carbons (Fsp3) is 0.692. The predicted molar refractivity (Wildman–Crippen MR) is 66.7 cm³/mol. The fourth-order valence-corrected chi connectivity index (χ4v) is 2.09. The van der Waals surface area contributed by atoms with Crippen molar-refractivity contribution in [1.29, 1.82) is 0 Å². The van der Waals surface area contributed by atoms with Gasteiger partial charge in [-0.15, -0.1) is 0 Å². The molecule has 6 nitrogen and oxygen atoms in total. The van der Waals surface area contributed by atoms with Crippen LogP contribution in [0.1, 0.15) is 27.7 Å². The minimum atomic E-state index is -1.33. The molecule has 0 radical (unpaired) electrons. The predicted octanol–water partition coefficient (Wildman–Crippen LogP) is 1.14. The van der Waals surface area contributed by atoms with Crippen LogP contribution in [0.3, 0.4) is 0 Å². The molecule has 0 fully saturated rings. The van der Waals surface area contributed by atoms with E-state index in [0.29, 0.717) is 0 Å². The van der Waals surface area contributed by atoms with Crippen LogP contribution in [0.4, 0.5) is 0 Å². The van der Waals surface area contributed by atoms with E-state index in [9.17, 15) is 14.7 Å². The van der Waals surface area contributed by atoms with Crippen LogP contribution in [-0.4, -0.2) is 48.4 Å². The molecule has 1 N–H and O–H groups in total. The van der Waals surface area contributed by atoms with Gasteiger partial charge >= 0.3 is 5.97 Å². The lowest BCUT2D eigenvalue weighted by Crippen LogP contribution is -2.55. The highest BCUT2D eigenvalue weighted by atomic mass is 16.6. The zero-order valence-electron chi connectivity index (χ0n) is 11.9. The molecule has 0 saturated heterocycles. The largest absolute Gasteiger partial charge is 0.508 e. The first-order chi connectivity index (χ1) is 8.69. The van der Waals surface area contributed by atoms with E-state index < -0.39 is 28.7 Å². The normalized spacial score (nSPS) is 26.5. The number of hydrogen-bond donors (Lipinski definition) is 1. The van der Waals surface area contributed by atoms with E-state index in [4.69, 9.17) is 14.2 Å². The molecule has 19 heavy (non-hydrogen) atoms. The van der Waals surface area contributed by atoms with E-state index in [1.165, 1.54) is 14.0 Å². The van der Waals surface area contributed by atoms with Crippen LogP contribution < -0.4 is 0 Å². The Morgan fingerprint density at radius 3 is 2.42 bits per heavy atom. The highest BCUT2D eigenvalue weighted by Crippen LogP contribution is 2.36. The zero-order valence-corrected chi connectivity index (χ0v) is 11.9. The molecule has 1 heterocycles. The van der Waals surface area contributed by atoms with Gasteiger partial charge in [0.2, 0.25) is 5.78 Å². The van der Waals surface area contributed by atoms with Gasteiger partial charge in [0.25, 0.3) is 0 Å². The average Bonchev–Trinajstić information content (AvgIpc) is 2.27. The molecule has 0 aromatic carbocycles. The van der Waals surface area contributed by atoms with Gasteiger partial charge in [-0.2, -0.15) is 0 Å². The number of Topliss-reactive ketones (excluding diaryl/α,β-unsaturated/α-hetero) is 1. The molecule has 1 aliphatic heterocycles. The summed E-state index contributed by atoms with van der Waals surface area (Å²) < 4.78 is 15.4. The zero-order chi connectivity index (χ0) is 14.8. The number of hydrogen-bond acceptors (Lipinski definition) is 6. The van der Waals surface area contributed by atoms with Crippen molar-refractivity contribution in [3.05, 3.63) is 11.3 Å². The lowest BCUT2D eigenvalue weighted by molar-refractivity contribution is -0.180. The first-order valence-electron chi connectivity index (χ1n) is 6.04. The lowest BCUT2D eigenvalue weighted by atomic mass is 9.85. The number of aliphatic hydroxyl groups excluding tert-OH is 1. The van der Waals surface area contributed by atoms with E-state index in [0.717, 1.165) is 0 Å². The summed E-state index contributed by atoms with van der Waals surface area (Å²) in [6.07, 6.45) is 0. The first kappa shape index (κ1) is 15.7. The summed E-state index contributed by atoms with van der Waals surface area (Å²) in [5.41, 5.74) is -2.85. The van der Waals surface area contributed by atoms with Gasteiger partial charge in [0, 0.05) is 7.11 Å². The fourth-order valence-electron chi connectivity index (χ4n) is 2.09. The summed E-state index contributed by atoms with van der Waals surface area (Å²) in [4.78, 5) is 24.2. The Bertz CT molecular complexity index is 423. The summed E-state index contributed by atoms with van der Waals surface area (Å²) in [6.45, 7) is 6.38. The van der Waals surface area contributed by atoms with Crippen LogP contribution in [0.2, 0.25) is 0 Å². The summed E-state index contributed by atoms with van der Waals surface area (Å²) in [5.74, 6) is -1.89. The highest BCUT2D eigenvalue weighted by Gasteiger charge is 2.51. The molecule has 0 bridgehead atoms. The molecule has 1 aliphatic rings. The Labute approximate surface area is 112 Å². The number of ether oxygens (including phenoxy) is 3. The molecule has 0 aromatic heterocycles. The number of carbonyl (C=O) groups is 2. The van der Waals surface area contributed by atoms with Crippen molar-refractivity contribution in [3.63, 3.8) is 0 Å². The van der Waals surface area contributed by atoms with Crippen LogP contribution in [0.25, 0.3) is 0 Å². The van der Waals surface area contributed by atoms with Crippen LogP contribution in [-0.2, 0) is 23.8 Å². The lowest BCUT2D eigenvalue weighted by Gasteiger charge is -2.41. The summed E-state index contributed by atoms with van der Waals surface area (Å²) in [7, 11) is 1.43. The van der Waals surface area contributed by atoms with Gasteiger partial charge in [-0.1, -0.05) is 0 Å². The molecule has 0 aliphatic carbocycles. The third-order valence-electron chi connectivity index (χ3n) is 2.89. The SMILES string of the molecule is CCOC(=O)C1=C(O)C(C)(C)OC(C)(COC)C1=O. The molecular weight excluding hydrogens is 252 g/mol. The van der Waals surface area contributed by atoms with Gasteiger partial charge in [-0.05, 0) is 27.7 Å². The van der Waals surface area contributed by atoms with E-state index >= 15 is 0 Å². The number of aliphatic hydroxyl groups is 1. The van der Waals surface area contributed by atoms with Crippen molar-refractivity contribution < 1.29 is 28.9 Å². The van der Waals surface area contributed by atoms with Crippen molar-refractivity contribution in [2.45, 2.75) is 38.9 Å². The number of carbonyl (C=O) groups excluding carboxylic acids is 2. The number of esters is 1. The Morgan fingerprint density at radius 1 is 1.37 bits per heavy atom. The Morgan fingerprint density at radius 2 is 1.95 bits per heavy atom. The standard InChI is InChI=1S/C13H20O6/c1-6-18-11(16)8-9(14)12(2,3)19-13(4,7-17-5)10(8)15/h14H,6-7H2,1-5H3. The number of methoxy groups -OCH3 is 1. The molecule has 1 unspecified atom stereocenters. The molecule has 0 amide bonds. The van der Waals surface area contributed by atoms with E-state index in [2.05, 4.69) is 0 Å². The van der Waals surface area contributed by atoms with Gasteiger partial charge in [0.1, 0.15) is 16.9 Å². The maximum atomic E-state index is 12.3. The van der Waals surface area contributed by atoms with E-state index in [1.54, 1.807) is 20.8 Å². The third-order valence-corrected chi connectivity index (χ3v) is 2.89. The Balaban J connectivity index is 3.30. The smallest absolute Gasteiger partial charge is 0.345 e. The van der Waals surface area contributed by atoms with Crippen molar-refractivity contribution in [1.82, 2.24) is 0 Å². The topological polar surface area (TPSA) is 82.1 Å². The average molecular weight is 272 g/mol. The summed E-state index contributed by atoms with van der Waals surface area (Å²) in [6, 6.07) is 0. The van der Waals surface area contributed by atoms with Crippen molar-refractivity contribution in [2.75, 3.05) is 20.3 Å². The second-order valence-electron chi connectivity index (χ2n) is 5.05. The third kappa shape index (κ3) is 2.79. The molecule has 1 atom stereocenters. The maximum Gasteiger partial charge on any atom is 0.345 e. The quantitative estimate of drug-likeness (QED) is 0.610. The molecule has 0 saturated carbocycles. The van der Waals surface area contributed by atoms with Gasteiger partial charge in [0.15, 0.2) is 5.60 Å². The summed E-state index contributed by atoms with van der Waals surface area (Å²) >= 11 is 0. The van der Waals surface area contributed by atoms with Crippen LogP contribution in [0, 0.1) is 0 Å². The minimum Gasteiger partial charge on any atom is -0.508 e. The van der Waals surface area contributed by atoms with Gasteiger partial charge in [-0.25, -0.2) is 4.79 Å². The van der Waals surface area contributed by atoms with Gasteiger partial charge in [0.05, 0.1) is 13.2 Å². The minimum absolute atomic E-state index is 0.0224. The number of rotatable bonds is 4. The highest BCUT2D eigenvalue weighted by molar-refractivity contribution is 6.21. The number of ketones is 1. The van der Waals surface area contributed by atoms with Crippen LogP contribution in [0.15, 0.2) is 11.3 Å². The second kappa shape index (κ2) is 5.30. The van der Waals surface area contributed by atoms with E-state index in [-0.39, 0.29) is 18.8 Å². The van der Waals surface area contributed by atoms with Crippen LogP contribution >= 0.6 is 0 Å². The molecular formula is C13H20O6. The molecule has 108 valence electrons. The van der Waals surface area contributed by atoms with Gasteiger partial charge < -0.3 is 19.3 Å². The first-order valence-corrected chi connectivity index (χ1v) is 6.04. The maximum absolute atomic E-state index is 12.3. The van der Waals surface area contributed by atoms with E-state index in [1.807, 2.05) is 0 Å². The van der Waals surface area contributed by atoms with Crippen molar-refractivity contribution in [2.24, 2.45) is 0 Å². The summed E-state index contributed by atoms with van der Waals surface area (Å²) in [5, 5.41) is 10.1. The molecule has 1 rings (SSSR count). The second-order valence-corrected chi connectivity index (χ2v) is 5.05. The Kier molecular flexibility index (Phi) is 4.37. The van der Waals surface area contributed by atoms with Crippen molar-refractivity contribution >= 4 is 11.8 Å².